The summed E-state index contributed by atoms with van der Waals surface area (Å²) < 4.78 is 1.89. The highest BCUT2D eigenvalue weighted by atomic mass is 32.1. The van der Waals surface area contributed by atoms with Crippen molar-refractivity contribution in [2.45, 2.75) is 25.3 Å². The monoisotopic (exact) mass is 295 g/mol. The molecule has 0 bridgehead atoms. The minimum atomic E-state index is -0.0712. The number of nitrogens with zero attached hydrogens (tertiary/aromatic N) is 2. The van der Waals surface area contributed by atoms with Crippen molar-refractivity contribution in [2.75, 3.05) is 0 Å². The van der Waals surface area contributed by atoms with Crippen LogP contribution >= 0.6 is 11.3 Å². The molecule has 2 aromatic heterocycles. The Labute approximate surface area is 128 Å². The van der Waals surface area contributed by atoms with Crippen LogP contribution in [0, 0.1) is 0 Å². The first-order valence-corrected chi connectivity index (χ1v) is 8.10. The van der Waals surface area contributed by atoms with Crippen LogP contribution in [0.1, 0.15) is 33.3 Å². The Morgan fingerprint density at radius 3 is 2.86 bits per heavy atom. The van der Waals surface area contributed by atoms with Gasteiger partial charge in [0.25, 0.3) is 0 Å². The van der Waals surface area contributed by atoms with Gasteiger partial charge < -0.3 is 5.73 Å². The zero-order valence-electron chi connectivity index (χ0n) is 11.7. The summed E-state index contributed by atoms with van der Waals surface area (Å²) in [6.45, 7) is 0. The Bertz CT molecular complexity index is 736. The topological polar surface area (TPSA) is 43.8 Å². The lowest BCUT2D eigenvalue weighted by atomic mass is 10.1. The highest BCUT2D eigenvalue weighted by Crippen LogP contribution is 2.35. The summed E-state index contributed by atoms with van der Waals surface area (Å²) in [6.07, 6.45) is 7.63. The minimum absolute atomic E-state index is 0.0712. The van der Waals surface area contributed by atoms with Crippen LogP contribution in [0.25, 0.3) is 5.69 Å². The second-order valence-corrected chi connectivity index (χ2v) is 6.65. The van der Waals surface area contributed by atoms with E-state index in [2.05, 4.69) is 11.2 Å². The maximum absolute atomic E-state index is 6.43. The first-order chi connectivity index (χ1) is 10.3. The molecule has 21 heavy (non-hydrogen) atoms. The Morgan fingerprint density at radius 1 is 1.19 bits per heavy atom. The van der Waals surface area contributed by atoms with Crippen molar-refractivity contribution in [3.8, 4) is 5.69 Å². The zero-order valence-corrected chi connectivity index (χ0v) is 12.5. The fraction of sp³-hybridized carbons (Fsp3) is 0.235. The Hall–Kier alpha value is -1.91. The molecule has 0 spiro atoms. The third-order valence-corrected chi connectivity index (χ3v) is 5.37. The van der Waals surface area contributed by atoms with Crippen LogP contribution in [0.2, 0.25) is 0 Å². The van der Waals surface area contributed by atoms with E-state index in [0.29, 0.717) is 0 Å². The molecule has 4 rings (SSSR count). The van der Waals surface area contributed by atoms with Gasteiger partial charge in [-0.3, -0.25) is 0 Å². The molecule has 1 aliphatic carbocycles. The Balaban J connectivity index is 1.62. The molecule has 0 saturated heterocycles. The number of thiophene rings is 1. The van der Waals surface area contributed by atoms with Crippen molar-refractivity contribution in [1.82, 2.24) is 9.78 Å². The lowest BCUT2D eigenvalue weighted by molar-refractivity contribution is 0.868. The van der Waals surface area contributed by atoms with Crippen molar-refractivity contribution in [3.63, 3.8) is 0 Å². The van der Waals surface area contributed by atoms with E-state index >= 15 is 0 Å². The standard InChI is InChI=1S/C17H17N3S/c18-17(16-9-12-5-4-8-15(12)21-16)13-10-19-20(11-13)14-6-2-1-3-7-14/h1-3,6-7,9-11,17H,4-5,8,18H2. The summed E-state index contributed by atoms with van der Waals surface area (Å²) in [5.41, 5.74) is 10.1. The number of fused-ring (bicyclic) bond motifs is 1. The molecule has 1 aromatic carbocycles. The smallest absolute Gasteiger partial charge is 0.0677 e. The summed E-state index contributed by atoms with van der Waals surface area (Å²) in [7, 11) is 0. The molecule has 0 saturated carbocycles. The second-order valence-electron chi connectivity index (χ2n) is 5.48. The lowest BCUT2D eigenvalue weighted by Gasteiger charge is -2.06. The third-order valence-electron chi connectivity index (χ3n) is 4.05. The normalized spacial score (nSPS) is 15.1. The lowest BCUT2D eigenvalue weighted by Crippen LogP contribution is -2.09. The minimum Gasteiger partial charge on any atom is -0.320 e. The number of rotatable bonds is 3. The van der Waals surface area contributed by atoms with Crippen molar-refractivity contribution < 1.29 is 0 Å². The second kappa shape index (κ2) is 5.13. The van der Waals surface area contributed by atoms with Crippen molar-refractivity contribution in [3.05, 3.63) is 69.7 Å². The van der Waals surface area contributed by atoms with Gasteiger partial charge >= 0.3 is 0 Å². The van der Waals surface area contributed by atoms with Crippen LogP contribution in [0.4, 0.5) is 0 Å². The van der Waals surface area contributed by atoms with Crippen molar-refractivity contribution in [1.29, 1.82) is 0 Å². The predicted molar refractivity (Wildman–Crippen MR) is 85.9 cm³/mol. The maximum Gasteiger partial charge on any atom is 0.0677 e. The van der Waals surface area contributed by atoms with Crippen molar-refractivity contribution >= 4 is 11.3 Å². The highest BCUT2D eigenvalue weighted by Gasteiger charge is 2.20. The van der Waals surface area contributed by atoms with E-state index in [1.54, 1.807) is 0 Å². The van der Waals surface area contributed by atoms with Gasteiger partial charge in [0.05, 0.1) is 17.9 Å². The average Bonchev–Trinajstić information content (AvgIpc) is 3.22. The van der Waals surface area contributed by atoms with Gasteiger partial charge in [-0.05, 0) is 43.0 Å². The molecule has 2 heterocycles. The van der Waals surface area contributed by atoms with E-state index in [1.165, 1.54) is 34.6 Å². The van der Waals surface area contributed by atoms with Crippen LogP contribution in [-0.2, 0) is 12.8 Å². The quantitative estimate of drug-likeness (QED) is 0.804. The van der Waals surface area contributed by atoms with Crippen LogP contribution in [-0.4, -0.2) is 9.78 Å². The van der Waals surface area contributed by atoms with Gasteiger partial charge in [-0.2, -0.15) is 5.10 Å². The van der Waals surface area contributed by atoms with Gasteiger partial charge in [0, 0.05) is 21.5 Å². The summed E-state index contributed by atoms with van der Waals surface area (Å²) in [6, 6.07) is 12.3. The molecular weight excluding hydrogens is 278 g/mol. The van der Waals surface area contributed by atoms with Crippen molar-refractivity contribution in [2.24, 2.45) is 5.73 Å². The van der Waals surface area contributed by atoms with Gasteiger partial charge in [-0.1, -0.05) is 18.2 Å². The molecule has 1 unspecified atom stereocenters. The molecule has 0 amide bonds. The summed E-state index contributed by atoms with van der Waals surface area (Å²) in [5, 5.41) is 4.44. The largest absolute Gasteiger partial charge is 0.320 e. The van der Waals surface area contributed by atoms with Gasteiger partial charge in [-0.25, -0.2) is 4.68 Å². The van der Waals surface area contributed by atoms with Gasteiger partial charge in [-0.15, -0.1) is 11.3 Å². The third kappa shape index (κ3) is 2.30. The molecule has 106 valence electrons. The molecule has 0 aliphatic heterocycles. The number of hydrogen-bond donors (Lipinski definition) is 1. The molecule has 3 nitrogen and oxygen atoms in total. The number of aromatic nitrogens is 2. The van der Waals surface area contributed by atoms with Crippen LogP contribution in [0.15, 0.2) is 48.8 Å². The van der Waals surface area contributed by atoms with E-state index < -0.39 is 0 Å². The number of nitrogens with two attached hydrogens (primary N) is 1. The average molecular weight is 295 g/mol. The van der Waals surface area contributed by atoms with E-state index in [9.17, 15) is 0 Å². The molecule has 3 aromatic rings. The predicted octanol–water partition coefficient (Wildman–Crippen LogP) is 3.47. The van der Waals surface area contributed by atoms with E-state index in [0.717, 1.165) is 11.3 Å². The van der Waals surface area contributed by atoms with E-state index in [1.807, 2.05) is 58.7 Å². The first-order valence-electron chi connectivity index (χ1n) is 7.28. The van der Waals surface area contributed by atoms with Gasteiger partial charge in [0.1, 0.15) is 0 Å². The van der Waals surface area contributed by atoms with E-state index in [4.69, 9.17) is 5.73 Å². The fourth-order valence-corrected chi connectivity index (χ4v) is 4.18. The van der Waals surface area contributed by atoms with Gasteiger partial charge in [0.15, 0.2) is 0 Å². The molecule has 0 fully saturated rings. The highest BCUT2D eigenvalue weighted by molar-refractivity contribution is 7.12. The van der Waals surface area contributed by atoms with Crippen LogP contribution in [0.5, 0.6) is 0 Å². The zero-order chi connectivity index (χ0) is 14.2. The SMILES string of the molecule is NC(c1cnn(-c2ccccc2)c1)c1cc2c(s1)CCC2. The summed E-state index contributed by atoms with van der Waals surface area (Å²) >= 11 is 1.87. The number of para-hydroxylation sites is 1. The molecule has 1 atom stereocenters. The Kier molecular flexibility index (Phi) is 3.13. The number of hydrogen-bond acceptors (Lipinski definition) is 3. The van der Waals surface area contributed by atoms with Gasteiger partial charge in [0.2, 0.25) is 0 Å². The Morgan fingerprint density at radius 2 is 2.05 bits per heavy atom. The number of benzene rings is 1. The molecule has 1 aliphatic rings. The molecular formula is C17H17N3S. The van der Waals surface area contributed by atoms with Crippen LogP contribution < -0.4 is 5.73 Å². The summed E-state index contributed by atoms with van der Waals surface area (Å²) in [5.74, 6) is 0. The first kappa shape index (κ1) is 12.8. The summed E-state index contributed by atoms with van der Waals surface area (Å²) in [4.78, 5) is 2.78. The molecule has 2 N–H and O–H groups in total. The molecule has 0 radical (unpaired) electrons. The number of aryl methyl sites for hydroxylation is 2. The molecule has 4 heteroatoms. The fourth-order valence-electron chi connectivity index (χ4n) is 2.89. The maximum atomic E-state index is 6.43. The van der Waals surface area contributed by atoms with E-state index in [-0.39, 0.29) is 6.04 Å². The van der Waals surface area contributed by atoms with Crippen LogP contribution in [0.3, 0.4) is 0 Å².